The summed E-state index contributed by atoms with van der Waals surface area (Å²) < 4.78 is 6.52. The lowest BCUT2D eigenvalue weighted by atomic mass is 10.1. The van der Waals surface area contributed by atoms with Crippen LogP contribution < -0.4 is 5.73 Å². The van der Waals surface area contributed by atoms with Gasteiger partial charge >= 0.3 is 5.97 Å². The lowest BCUT2D eigenvalue weighted by molar-refractivity contribution is 0.0520. The van der Waals surface area contributed by atoms with E-state index in [2.05, 4.69) is 11.2 Å². The van der Waals surface area contributed by atoms with Gasteiger partial charge in [0.1, 0.15) is 0 Å². The molecule has 19 heavy (non-hydrogen) atoms. The number of hydrogen-bond donors (Lipinski definition) is 1. The molecule has 0 saturated carbocycles. The Labute approximate surface area is 112 Å². The Hall–Kier alpha value is -2.30. The van der Waals surface area contributed by atoms with Crippen LogP contribution in [0.4, 0.5) is 5.69 Å². The molecule has 0 fully saturated rings. The van der Waals surface area contributed by atoms with Gasteiger partial charge in [-0.25, -0.2) is 9.48 Å². The van der Waals surface area contributed by atoms with Gasteiger partial charge < -0.3 is 10.5 Å². The molecule has 0 bridgehead atoms. The molecule has 0 saturated heterocycles. The third-order valence-corrected chi connectivity index (χ3v) is 2.81. The van der Waals surface area contributed by atoms with Crippen LogP contribution in [0.1, 0.15) is 28.5 Å². The Bertz CT molecular complexity index is 617. The molecule has 0 unspecified atom stereocenters. The second kappa shape index (κ2) is 5.14. The average molecular weight is 259 g/mol. The zero-order valence-corrected chi connectivity index (χ0v) is 11.3. The minimum absolute atomic E-state index is 0.154. The Kier molecular flexibility index (Phi) is 3.55. The number of nitrogens with zero attached hydrogens (tertiary/aromatic N) is 2. The predicted molar refractivity (Wildman–Crippen MR) is 73.4 cm³/mol. The minimum atomic E-state index is -0.497. The van der Waals surface area contributed by atoms with Gasteiger partial charge in [-0.05, 0) is 32.4 Å². The van der Waals surface area contributed by atoms with Gasteiger partial charge in [-0.1, -0.05) is 17.7 Å². The Morgan fingerprint density at radius 3 is 2.79 bits per heavy atom. The summed E-state index contributed by atoms with van der Waals surface area (Å²) in [6.45, 7) is 6.06. The number of esters is 1. The highest BCUT2D eigenvalue weighted by Gasteiger charge is 2.17. The number of aromatic nitrogens is 2. The van der Waals surface area contributed by atoms with Crippen LogP contribution in [0.3, 0.4) is 0 Å². The highest BCUT2D eigenvalue weighted by atomic mass is 16.5. The van der Waals surface area contributed by atoms with Crippen molar-refractivity contribution in [1.29, 1.82) is 0 Å². The molecule has 2 rings (SSSR count). The van der Waals surface area contributed by atoms with Crippen molar-refractivity contribution in [2.45, 2.75) is 20.8 Å². The number of carbonyl (C=O) groups excluding carboxylic acids is 1. The number of nitrogens with two attached hydrogens (primary N) is 1. The highest BCUT2D eigenvalue weighted by Crippen LogP contribution is 2.19. The molecule has 2 N–H and O–H groups in total. The van der Waals surface area contributed by atoms with Crippen LogP contribution in [0.25, 0.3) is 5.69 Å². The summed E-state index contributed by atoms with van der Waals surface area (Å²) in [6.07, 6.45) is 1.63. The Balaban J connectivity index is 2.42. The van der Waals surface area contributed by atoms with E-state index < -0.39 is 5.97 Å². The number of nitrogen functional groups attached to an aromatic ring is 1. The molecule has 100 valence electrons. The van der Waals surface area contributed by atoms with Crippen LogP contribution in [-0.2, 0) is 4.74 Å². The maximum atomic E-state index is 11.7. The van der Waals surface area contributed by atoms with Crippen LogP contribution in [0.2, 0.25) is 0 Å². The number of hydrogen-bond acceptors (Lipinski definition) is 4. The van der Waals surface area contributed by atoms with Crippen LogP contribution >= 0.6 is 0 Å². The van der Waals surface area contributed by atoms with Crippen LogP contribution in [0.15, 0.2) is 24.4 Å². The molecule has 0 radical (unpaired) electrons. The summed E-state index contributed by atoms with van der Waals surface area (Å²) in [6, 6.07) is 5.99. The monoisotopic (exact) mass is 259 g/mol. The first-order valence-electron chi connectivity index (χ1n) is 6.12. The van der Waals surface area contributed by atoms with Crippen molar-refractivity contribution in [3.8, 4) is 5.69 Å². The fraction of sp³-hybridized carbons (Fsp3) is 0.286. The molecule has 1 heterocycles. The van der Waals surface area contributed by atoms with Crippen molar-refractivity contribution in [2.75, 3.05) is 12.3 Å². The molecular weight excluding hydrogens is 242 g/mol. The second-order valence-electron chi connectivity index (χ2n) is 4.39. The molecule has 1 aromatic carbocycles. The van der Waals surface area contributed by atoms with E-state index >= 15 is 0 Å². The highest BCUT2D eigenvalue weighted by molar-refractivity contribution is 5.92. The van der Waals surface area contributed by atoms with E-state index in [1.807, 2.05) is 26.0 Å². The van der Waals surface area contributed by atoms with Crippen molar-refractivity contribution >= 4 is 11.7 Å². The summed E-state index contributed by atoms with van der Waals surface area (Å²) >= 11 is 0. The standard InChI is InChI=1S/C14H17N3O2/c1-4-19-14(18)13-11(15)8-17(16-13)12-6-5-9(2)7-10(12)3/h5-8H,4,15H2,1-3H3. The van der Waals surface area contributed by atoms with Crippen molar-refractivity contribution in [3.63, 3.8) is 0 Å². The molecule has 0 aliphatic rings. The van der Waals surface area contributed by atoms with Gasteiger partial charge in [0, 0.05) is 0 Å². The normalized spacial score (nSPS) is 10.5. The van der Waals surface area contributed by atoms with E-state index in [4.69, 9.17) is 10.5 Å². The number of anilines is 1. The zero-order valence-electron chi connectivity index (χ0n) is 11.3. The second-order valence-corrected chi connectivity index (χ2v) is 4.39. The SMILES string of the molecule is CCOC(=O)c1nn(-c2ccc(C)cc2C)cc1N. The van der Waals surface area contributed by atoms with Gasteiger partial charge in [0.25, 0.3) is 0 Å². The predicted octanol–water partition coefficient (Wildman–Crippen LogP) is 2.25. The zero-order chi connectivity index (χ0) is 14.0. The first-order valence-corrected chi connectivity index (χ1v) is 6.12. The summed E-state index contributed by atoms with van der Waals surface area (Å²) in [5.74, 6) is -0.497. The lowest BCUT2D eigenvalue weighted by Crippen LogP contribution is -2.08. The molecule has 2 aromatic rings. The minimum Gasteiger partial charge on any atom is -0.461 e. The molecule has 0 aliphatic heterocycles. The maximum absolute atomic E-state index is 11.7. The molecule has 0 spiro atoms. The van der Waals surface area contributed by atoms with E-state index in [1.54, 1.807) is 17.8 Å². The molecule has 0 atom stereocenters. The van der Waals surface area contributed by atoms with E-state index in [1.165, 1.54) is 5.56 Å². The van der Waals surface area contributed by atoms with Crippen LogP contribution in [0.5, 0.6) is 0 Å². The summed E-state index contributed by atoms with van der Waals surface area (Å²) in [5.41, 5.74) is 9.41. The molecule has 0 amide bonds. The summed E-state index contributed by atoms with van der Waals surface area (Å²) in [4.78, 5) is 11.7. The third-order valence-electron chi connectivity index (χ3n) is 2.81. The van der Waals surface area contributed by atoms with Crippen molar-refractivity contribution in [3.05, 3.63) is 41.2 Å². The van der Waals surface area contributed by atoms with Crippen molar-refractivity contribution in [2.24, 2.45) is 0 Å². The van der Waals surface area contributed by atoms with E-state index in [9.17, 15) is 4.79 Å². The van der Waals surface area contributed by atoms with Gasteiger partial charge in [-0.15, -0.1) is 0 Å². The van der Waals surface area contributed by atoms with Crippen molar-refractivity contribution < 1.29 is 9.53 Å². The van der Waals surface area contributed by atoms with E-state index in [0.717, 1.165) is 11.3 Å². The van der Waals surface area contributed by atoms with Gasteiger partial charge in [0.15, 0.2) is 5.69 Å². The summed E-state index contributed by atoms with van der Waals surface area (Å²) in [5, 5.41) is 4.21. The molecule has 0 aliphatic carbocycles. The molecular formula is C14H17N3O2. The smallest absolute Gasteiger partial charge is 0.361 e. The van der Waals surface area contributed by atoms with E-state index in [0.29, 0.717) is 12.3 Å². The first-order chi connectivity index (χ1) is 9.02. The van der Waals surface area contributed by atoms with Crippen LogP contribution in [-0.4, -0.2) is 22.4 Å². The Morgan fingerprint density at radius 1 is 1.42 bits per heavy atom. The van der Waals surface area contributed by atoms with Gasteiger partial charge in [-0.3, -0.25) is 0 Å². The number of rotatable bonds is 3. The third kappa shape index (κ3) is 2.59. The molecule has 5 nitrogen and oxygen atoms in total. The quantitative estimate of drug-likeness (QED) is 0.858. The largest absolute Gasteiger partial charge is 0.461 e. The lowest BCUT2D eigenvalue weighted by Gasteiger charge is -2.06. The van der Waals surface area contributed by atoms with Crippen LogP contribution in [0, 0.1) is 13.8 Å². The van der Waals surface area contributed by atoms with Gasteiger partial charge in [0.05, 0.1) is 24.2 Å². The van der Waals surface area contributed by atoms with E-state index in [-0.39, 0.29) is 5.69 Å². The maximum Gasteiger partial charge on any atom is 0.361 e. The Morgan fingerprint density at radius 2 is 2.16 bits per heavy atom. The number of benzene rings is 1. The summed E-state index contributed by atoms with van der Waals surface area (Å²) in [7, 11) is 0. The number of carbonyl (C=O) groups is 1. The van der Waals surface area contributed by atoms with Gasteiger partial charge in [-0.2, -0.15) is 5.10 Å². The average Bonchev–Trinajstić information content (AvgIpc) is 2.71. The fourth-order valence-electron chi connectivity index (χ4n) is 1.93. The number of ether oxygens (including phenoxy) is 1. The first kappa shape index (κ1) is 13.1. The van der Waals surface area contributed by atoms with Crippen molar-refractivity contribution in [1.82, 2.24) is 9.78 Å². The molecule has 1 aromatic heterocycles. The number of aryl methyl sites for hydroxylation is 2. The topological polar surface area (TPSA) is 70.1 Å². The molecule has 5 heteroatoms. The van der Waals surface area contributed by atoms with Gasteiger partial charge in [0.2, 0.25) is 0 Å². The fourth-order valence-corrected chi connectivity index (χ4v) is 1.93.